The van der Waals surface area contributed by atoms with Crippen LogP contribution in [0.2, 0.25) is 0 Å². The van der Waals surface area contributed by atoms with Gasteiger partial charge >= 0.3 is 5.97 Å². The molecule has 4 N–H and O–H groups in total. The summed E-state index contributed by atoms with van der Waals surface area (Å²) < 4.78 is 19.5. The van der Waals surface area contributed by atoms with Crippen molar-refractivity contribution < 1.29 is 23.5 Å². The van der Waals surface area contributed by atoms with Crippen LogP contribution in [-0.4, -0.2) is 78.1 Å². The van der Waals surface area contributed by atoms with E-state index in [1.54, 1.807) is 20.0 Å². The third-order valence-electron chi connectivity index (χ3n) is 8.68. The third-order valence-corrected chi connectivity index (χ3v) is 8.68. The fourth-order valence-electron chi connectivity index (χ4n) is 6.67. The van der Waals surface area contributed by atoms with E-state index in [1.807, 2.05) is 11.1 Å². The van der Waals surface area contributed by atoms with Crippen molar-refractivity contribution in [3.05, 3.63) is 35.8 Å². The van der Waals surface area contributed by atoms with Crippen LogP contribution in [0.3, 0.4) is 0 Å². The van der Waals surface area contributed by atoms with E-state index in [9.17, 15) is 18.8 Å². The van der Waals surface area contributed by atoms with Crippen molar-refractivity contribution in [2.24, 2.45) is 5.92 Å². The van der Waals surface area contributed by atoms with Crippen LogP contribution >= 0.6 is 0 Å². The molecule has 1 aliphatic carbocycles. The molecule has 1 aromatic carbocycles. The van der Waals surface area contributed by atoms with E-state index < -0.39 is 24.2 Å². The Labute approximate surface area is 222 Å². The quantitative estimate of drug-likeness (QED) is 0.411. The second-order valence-electron chi connectivity index (χ2n) is 11.0. The molecule has 2 saturated heterocycles. The van der Waals surface area contributed by atoms with Crippen molar-refractivity contribution in [2.75, 3.05) is 20.1 Å². The highest BCUT2D eigenvalue weighted by Crippen LogP contribution is 2.41. The normalized spacial score (nSPS) is 27.2. The van der Waals surface area contributed by atoms with Crippen LogP contribution in [0.25, 0.3) is 10.9 Å². The number of carbonyl (C=O) groups is 3. The van der Waals surface area contributed by atoms with Crippen molar-refractivity contribution in [2.45, 2.75) is 82.1 Å². The number of halogens is 1. The number of benzene rings is 1. The number of likely N-dealkylation sites (tertiary alicyclic amines) is 1. The highest BCUT2D eigenvalue weighted by molar-refractivity contribution is 5.91. The first-order valence-electron chi connectivity index (χ1n) is 13.7. The number of hydrogen-bond donors (Lipinski definition) is 4. The Balaban J connectivity index is 1.49. The number of hydrogen-bond acceptors (Lipinski definition) is 6. The number of nitrogens with zero attached hydrogens (tertiary/aromatic N) is 1. The first-order chi connectivity index (χ1) is 18.3. The Morgan fingerprint density at radius 2 is 1.95 bits per heavy atom. The number of aromatic amines is 1. The van der Waals surface area contributed by atoms with E-state index in [-0.39, 0.29) is 48.1 Å². The number of rotatable bonds is 7. The van der Waals surface area contributed by atoms with Gasteiger partial charge in [0.15, 0.2) is 0 Å². The highest BCUT2D eigenvalue weighted by Gasteiger charge is 2.54. The number of H-pyrrole nitrogens is 1. The van der Waals surface area contributed by atoms with Gasteiger partial charge < -0.3 is 30.6 Å². The van der Waals surface area contributed by atoms with Crippen molar-refractivity contribution in [1.29, 1.82) is 0 Å². The Bertz CT molecular complexity index is 1200. The van der Waals surface area contributed by atoms with Gasteiger partial charge in [-0.15, -0.1) is 0 Å². The molecule has 206 valence electrons. The van der Waals surface area contributed by atoms with E-state index in [4.69, 9.17) is 4.74 Å². The van der Waals surface area contributed by atoms with Gasteiger partial charge in [-0.1, -0.05) is 19.3 Å². The number of nitrogens with one attached hydrogen (secondary N) is 4. The second kappa shape index (κ2) is 11.0. The number of esters is 1. The van der Waals surface area contributed by atoms with Gasteiger partial charge in [0.2, 0.25) is 11.8 Å². The summed E-state index contributed by atoms with van der Waals surface area (Å²) in [4.78, 5) is 44.3. The second-order valence-corrected chi connectivity index (χ2v) is 11.0. The van der Waals surface area contributed by atoms with Crippen LogP contribution in [0.5, 0.6) is 0 Å². The van der Waals surface area contributed by atoms with Gasteiger partial charge in [-0.3, -0.25) is 14.4 Å². The number of likely N-dealkylation sites (N-methyl/N-ethyl adjacent to an activating group) is 1. The summed E-state index contributed by atoms with van der Waals surface area (Å²) in [6.07, 6.45) is 6.36. The predicted molar refractivity (Wildman–Crippen MR) is 141 cm³/mol. The Hall–Kier alpha value is -2.98. The molecule has 0 radical (unpaired) electrons. The lowest BCUT2D eigenvalue weighted by Gasteiger charge is -2.36. The van der Waals surface area contributed by atoms with Crippen molar-refractivity contribution in [3.63, 3.8) is 0 Å². The molecule has 1 aromatic heterocycles. The molecule has 0 spiro atoms. The lowest BCUT2D eigenvalue weighted by atomic mass is 9.82. The monoisotopic (exact) mass is 527 g/mol. The zero-order chi connectivity index (χ0) is 27.0. The van der Waals surface area contributed by atoms with E-state index in [1.165, 1.54) is 19.1 Å². The smallest absolute Gasteiger partial charge is 0.303 e. The summed E-state index contributed by atoms with van der Waals surface area (Å²) in [5.41, 5.74) is 1.69. The average molecular weight is 528 g/mol. The van der Waals surface area contributed by atoms with Crippen LogP contribution in [0.4, 0.5) is 4.39 Å². The molecular formula is C28H38FN5O4. The molecular weight excluding hydrogens is 489 g/mol. The number of ether oxygens (including phenoxy) is 1. The van der Waals surface area contributed by atoms with Gasteiger partial charge in [-0.2, -0.15) is 0 Å². The fourth-order valence-corrected chi connectivity index (χ4v) is 6.67. The molecule has 5 rings (SSSR count). The molecule has 3 aliphatic rings. The number of aromatic nitrogens is 1. The minimum absolute atomic E-state index is 0.0550. The van der Waals surface area contributed by atoms with E-state index in [0.29, 0.717) is 12.1 Å². The van der Waals surface area contributed by atoms with Gasteiger partial charge in [0, 0.05) is 36.5 Å². The molecule has 38 heavy (non-hydrogen) atoms. The van der Waals surface area contributed by atoms with Gasteiger partial charge in [0.25, 0.3) is 0 Å². The average Bonchev–Trinajstić information content (AvgIpc) is 3.61. The van der Waals surface area contributed by atoms with Crippen molar-refractivity contribution >= 4 is 28.7 Å². The van der Waals surface area contributed by atoms with Crippen LogP contribution in [-0.2, 0) is 19.1 Å². The maximum absolute atomic E-state index is 14.4. The first kappa shape index (κ1) is 26.6. The molecule has 3 heterocycles. The summed E-state index contributed by atoms with van der Waals surface area (Å²) in [6, 6.07) is 3.08. The van der Waals surface area contributed by atoms with Gasteiger partial charge in [-0.05, 0) is 56.5 Å². The standard InChI is InChI=1S/C28H38FN5O4/c1-15(30-3)27(36)33-24(17-7-5-4-6-8-17)28(37)34-14-23(38-16(2)35)25-26(34)21(13-32-25)20-12-31-22-11-18(29)9-10-19(20)22/h9-12,15,17,21,23-26,30-32H,4-8,13-14H2,1-3H3,(H,33,36)/t15-,21-,23?,24-,25+,26+/m0/s1. The third kappa shape index (κ3) is 5.03. The zero-order valence-corrected chi connectivity index (χ0v) is 22.3. The molecule has 9 nitrogen and oxygen atoms in total. The van der Waals surface area contributed by atoms with Crippen molar-refractivity contribution in [1.82, 2.24) is 25.8 Å². The summed E-state index contributed by atoms with van der Waals surface area (Å²) in [6.45, 7) is 3.99. The van der Waals surface area contributed by atoms with Crippen LogP contribution < -0.4 is 16.0 Å². The highest BCUT2D eigenvalue weighted by atomic mass is 19.1. The lowest BCUT2D eigenvalue weighted by molar-refractivity contribution is -0.147. The molecule has 10 heteroatoms. The fraction of sp³-hybridized carbons (Fsp3) is 0.607. The van der Waals surface area contributed by atoms with Gasteiger partial charge in [0.05, 0.1) is 24.7 Å². The first-order valence-corrected chi connectivity index (χ1v) is 13.7. The molecule has 1 unspecified atom stereocenters. The molecule has 0 bridgehead atoms. The van der Waals surface area contributed by atoms with Crippen LogP contribution in [0, 0.1) is 11.7 Å². The molecule has 1 saturated carbocycles. The van der Waals surface area contributed by atoms with Crippen molar-refractivity contribution in [3.8, 4) is 0 Å². The summed E-state index contributed by atoms with van der Waals surface area (Å²) in [5.74, 6) is -1.08. The molecule has 6 atom stereocenters. The SMILES string of the molecule is CN[C@@H](C)C(=O)N[C@H](C(=O)N1CC(OC(C)=O)[C@H]2NC[C@@H](c3c[nH]c4cc(F)ccc34)[C@H]21)C1CCCCC1. The molecule has 2 aliphatic heterocycles. The predicted octanol–water partition coefficient (Wildman–Crippen LogP) is 2.18. The van der Waals surface area contributed by atoms with Gasteiger partial charge in [0.1, 0.15) is 18.0 Å². The zero-order valence-electron chi connectivity index (χ0n) is 22.3. The van der Waals surface area contributed by atoms with E-state index in [2.05, 4.69) is 20.9 Å². The number of carbonyl (C=O) groups excluding carboxylic acids is 3. The maximum Gasteiger partial charge on any atom is 0.303 e. The Morgan fingerprint density at radius 1 is 1.18 bits per heavy atom. The topological polar surface area (TPSA) is 116 Å². The van der Waals surface area contributed by atoms with E-state index in [0.717, 1.165) is 43.1 Å². The minimum atomic E-state index is -0.645. The molecule has 2 aromatic rings. The minimum Gasteiger partial charge on any atom is -0.459 e. The largest absolute Gasteiger partial charge is 0.459 e. The molecule has 3 fully saturated rings. The van der Waals surface area contributed by atoms with Crippen LogP contribution in [0.15, 0.2) is 24.4 Å². The lowest BCUT2D eigenvalue weighted by Crippen LogP contribution is -2.57. The maximum atomic E-state index is 14.4. The number of amides is 2. The molecule has 2 amide bonds. The van der Waals surface area contributed by atoms with Gasteiger partial charge in [-0.25, -0.2) is 4.39 Å². The Kier molecular flexibility index (Phi) is 7.72. The van der Waals surface area contributed by atoms with Crippen LogP contribution in [0.1, 0.15) is 57.4 Å². The van der Waals surface area contributed by atoms with E-state index >= 15 is 0 Å². The summed E-state index contributed by atoms with van der Waals surface area (Å²) in [5, 5.41) is 10.4. The summed E-state index contributed by atoms with van der Waals surface area (Å²) >= 11 is 0. The Morgan fingerprint density at radius 3 is 2.66 bits per heavy atom. The number of fused-ring (bicyclic) bond motifs is 2. The summed E-state index contributed by atoms with van der Waals surface area (Å²) in [7, 11) is 1.72.